The van der Waals surface area contributed by atoms with Crippen molar-refractivity contribution in [2.24, 2.45) is 5.92 Å². The van der Waals surface area contributed by atoms with E-state index < -0.39 is 10.0 Å². The molecule has 1 saturated heterocycles. The van der Waals surface area contributed by atoms with Crippen LogP contribution in [-0.4, -0.2) is 35.3 Å². The summed E-state index contributed by atoms with van der Waals surface area (Å²) < 4.78 is 25.9. The predicted octanol–water partition coefficient (Wildman–Crippen LogP) is 0.583. The molecule has 1 saturated carbocycles. The molecular formula is C9H13N3O2S. The van der Waals surface area contributed by atoms with E-state index in [2.05, 4.69) is 9.97 Å². The zero-order valence-electron chi connectivity index (χ0n) is 8.26. The van der Waals surface area contributed by atoms with Crippen LogP contribution in [0.4, 0.5) is 0 Å². The minimum atomic E-state index is -3.31. The summed E-state index contributed by atoms with van der Waals surface area (Å²) in [6.45, 7) is 0.687. The molecule has 5 nitrogen and oxygen atoms in total. The van der Waals surface area contributed by atoms with Crippen molar-refractivity contribution in [3.8, 4) is 0 Å². The normalized spacial score (nSPS) is 31.2. The van der Waals surface area contributed by atoms with Crippen LogP contribution < -0.4 is 0 Å². The third kappa shape index (κ3) is 1.32. The lowest BCUT2D eigenvalue weighted by Crippen LogP contribution is -2.37. The summed E-state index contributed by atoms with van der Waals surface area (Å²) in [5.41, 5.74) is 0. The maximum atomic E-state index is 12.1. The second-order valence-electron chi connectivity index (χ2n) is 4.32. The number of imidazole rings is 1. The van der Waals surface area contributed by atoms with Gasteiger partial charge >= 0.3 is 0 Å². The highest BCUT2D eigenvalue weighted by molar-refractivity contribution is 7.89. The Labute approximate surface area is 88.6 Å². The van der Waals surface area contributed by atoms with E-state index in [-0.39, 0.29) is 11.1 Å². The van der Waals surface area contributed by atoms with Crippen LogP contribution >= 0.6 is 0 Å². The van der Waals surface area contributed by atoms with Gasteiger partial charge in [0.2, 0.25) is 0 Å². The van der Waals surface area contributed by atoms with Crippen molar-refractivity contribution in [2.75, 3.05) is 6.54 Å². The molecule has 0 aromatic carbocycles. The second kappa shape index (κ2) is 3.05. The van der Waals surface area contributed by atoms with E-state index >= 15 is 0 Å². The van der Waals surface area contributed by atoms with Crippen LogP contribution in [0.15, 0.2) is 17.6 Å². The summed E-state index contributed by atoms with van der Waals surface area (Å²) in [4.78, 5) is 6.43. The molecule has 15 heavy (non-hydrogen) atoms. The fraction of sp³-hybridized carbons (Fsp3) is 0.667. The molecule has 2 atom stereocenters. The van der Waals surface area contributed by atoms with E-state index in [4.69, 9.17) is 0 Å². The quantitative estimate of drug-likeness (QED) is 0.803. The van der Waals surface area contributed by atoms with Gasteiger partial charge in [-0.15, -0.1) is 0 Å². The van der Waals surface area contributed by atoms with Crippen LogP contribution in [0.25, 0.3) is 0 Å². The predicted molar refractivity (Wildman–Crippen MR) is 53.6 cm³/mol. The molecule has 2 aliphatic rings. The van der Waals surface area contributed by atoms with Crippen LogP contribution in [0, 0.1) is 5.92 Å². The highest BCUT2D eigenvalue weighted by Gasteiger charge is 2.44. The number of hydrogen-bond acceptors (Lipinski definition) is 3. The van der Waals surface area contributed by atoms with Gasteiger partial charge in [-0.3, -0.25) is 0 Å². The fourth-order valence-corrected chi connectivity index (χ4v) is 4.32. The van der Waals surface area contributed by atoms with Gasteiger partial charge in [-0.05, 0) is 25.2 Å². The Morgan fingerprint density at radius 2 is 2.33 bits per heavy atom. The fourth-order valence-electron chi connectivity index (χ4n) is 2.68. The molecule has 0 amide bonds. The van der Waals surface area contributed by atoms with Gasteiger partial charge in [0.1, 0.15) is 0 Å². The van der Waals surface area contributed by atoms with E-state index in [9.17, 15) is 8.42 Å². The lowest BCUT2D eigenvalue weighted by molar-refractivity contribution is 0.332. The van der Waals surface area contributed by atoms with Crippen molar-refractivity contribution in [1.29, 1.82) is 0 Å². The van der Waals surface area contributed by atoms with Gasteiger partial charge in [-0.2, -0.15) is 4.31 Å². The highest BCUT2D eigenvalue weighted by atomic mass is 32.2. The van der Waals surface area contributed by atoms with Gasteiger partial charge in [0, 0.05) is 12.6 Å². The summed E-state index contributed by atoms with van der Waals surface area (Å²) in [6, 6.07) is 0.225. The smallest absolute Gasteiger partial charge is 0.260 e. The topological polar surface area (TPSA) is 66.1 Å². The zero-order chi connectivity index (χ0) is 10.5. The van der Waals surface area contributed by atoms with Crippen molar-refractivity contribution in [1.82, 2.24) is 14.3 Å². The summed E-state index contributed by atoms with van der Waals surface area (Å²) >= 11 is 0. The Bertz CT molecular complexity index is 454. The molecule has 0 radical (unpaired) electrons. The molecule has 2 heterocycles. The first-order valence-corrected chi connectivity index (χ1v) is 6.62. The maximum Gasteiger partial charge on any atom is 0.260 e. The number of aromatic nitrogens is 2. The van der Waals surface area contributed by atoms with Crippen LogP contribution in [-0.2, 0) is 10.0 Å². The third-order valence-electron chi connectivity index (χ3n) is 3.42. The average Bonchev–Trinajstić information content (AvgIpc) is 2.94. The van der Waals surface area contributed by atoms with Crippen molar-refractivity contribution >= 4 is 10.0 Å². The van der Waals surface area contributed by atoms with Gasteiger partial charge in [-0.25, -0.2) is 13.4 Å². The van der Waals surface area contributed by atoms with E-state index in [0.29, 0.717) is 12.5 Å². The van der Waals surface area contributed by atoms with E-state index in [0.717, 1.165) is 12.8 Å². The number of rotatable bonds is 2. The summed E-state index contributed by atoms with van der Waals surface area (Å²) in [5, 5.41) is 0.218. The van der Waals surface area contributed by atoms with E-state index in [1.807, 2.05) is 0 Å². The number of fused-ring (bicyclic) bond motifs is 2. The molecule has 6 heteroatoms. The van der Waals surface area contributed by atoms with Crippen molar-refractivity contribution in [3.05, 3.63) is 12.5 Å². The van der Waals surface area contributed by atoms with Crippen LogP contribution in [0.5, 0.6) is 0 Å². The number of piperidine rings is 1. The molecule has 2 fully saturated rings. The Morgan fingerprint density at radius 1 is 1.47 bits per heavy atom. The molecule has 2 bridgehead atoms. The molecule has 1 aromatic heterocycles. The Hall–Kier alpha value is -0.880. The summed E-state index contributed by atoms with van der Waals surface area (Å²) in [6.07, 6.45) is 6.01. The van der Waals surface area contributed by atoms with Gasteiger partial charge < -0.3 is 4.98 Å². The van der Waals surface area contributed by atoms with Gasteiger partial charge in [0.05, 0.1) is 12.5 Å². The lowest BCUT2D eigenvalue weighted by Gasteiger charge is -2.25. The standard InChI is InChI=1S/C9H13N3O2S/c13-15(14,9-4-10-6-11-9)12-5-7-1-2-8(12)3-7/h4,6-8H,1-3,5H2,(H,10,11). The monoisotopic (exact) mass is 227 g/mol. The number of hydrogen-bond donors (Lipinski definition) is 1. The molecule has 1 aromatic rings. The molecule has 1 aliphatic heterocycles. The Balaban J connectivity index is 1.95. The summed E-state index contributed by atoms with van der Waals surface area (Å²) in [7, 11) is -3.31. The number of nitrogens with one attached hydrogen (secondary N) is 1. The minimum Gasteiger partial charge on any atom is -0.335 e. The SMILES string of the molecule is O=S(=O)(c1cnc[nH]1)N1CC2CCC1C2. The van der Waals surface area contributed by atoms with Crippen LogP contribution in [0.3, 0.4) is 0 Å². The number of H-pyrrole nitrogens is 1. The highest BCUT2D eigenvalue weighted by Crippen LogP contribution is 2.40. The molecule has 82 valence electrons. The van der Waals surface area contributed by atoms with Crippen LogP contribution in [0.1, 0.15) is 19.3 Å². The lowest BCUT2D eigenvalue weighted by atomic mass is 10.1. The van der Waals surface area contributed by atoms with Gasteiger partial charge in [0.15, 0.2) is 5.03 Å². The Kier molecular flexibility index (Phi) is 1.90. The maximum absolute atomic E-state index is 12.1. The van der Waals surface area contributed by atoms with Gasteiger partial charge in [0.25, 0.3) is 10.0 Å². The van der Waals surface area contributed by atoms with E-state index in [1.165, 1.54) is 18.9 Å². The first-order chi connectivity index (χ1) is 7.18. The molecule has 1 aliphatic carbocycles. The first kappa shape index (κ1) is 9.35. The van der Waals surface area contributed by atoms with Crippen molar-refractivity contribution in [3.63, 3.8) is 0 Å². The molecule has 1 N–H and O–H groups in total. The van der Waals surface area contributed by atoms with Crippen molar-refractivity contribution in [2.45, 2.75) is 30.3 Å². The number of sulfonamides is 1. The molecular weight excluding hydrogens is 214 g/mol. The van der Waals surface area contributed by atoms with Crippen LogP contribution in [0.2, 0.25) is 0 Å². The second-order valence-corrected chi connectivity index (χ2v) is 6.18. The van der Waals surface area contributed by atoms with Gasteiger partial charge in [-0.1, -0.05) is 0 Å². The number of nitrogens with zero attached hydrogens (tertiary/aromatic N) is 2. The van der Waals surface area contributed by atoms with E-state index in [1.54, 1.807) is 4.31 Å². The minimum absolute atomic E-state index is 0.218. The zero-order valence-corrected chi connectivity index (χ0v) is 9.07. The average molecular weight is 227 g/mol. The summed E-state index contributed by atoms with van der Waals surface area (Å²) in [5.74, 6) is 0.577. The Morgan fingerprint density at radius 3 is 2.87 bits per heavy atom. The molecule has 0 spiro atoms. The largest absolute Gasteiger partial charge is 0.335 e. The third-order valence-corrected chi connectivity index (χ3v) is 5.26. The molecule has 2 unspecified atom stereocenters. The number of aromatic amines is 1. The van der Waals surface area contributed by atoms with Crippen molar-refractivity contribution < 1.29 is 8.42 Å². The molecule has 3 rings (SSSR count). The first-order valence-electron chi connectivity index (χ1n) is 5.18.